The smallest absolute Gasteiger partial charge is 0.222 e. The topological polar surface area (TPSA) is 29.1 Å². The van der Waals surface area contributed by atoms with E-state index in [1.807, 2.05) is 6.92 Å². The van der Waals surface area contributed by atoms with Gasteiger partial charge in [0.25, 0.3) is 0 Å². The van der Waals surface area contributed by atoms with Crippen LogP contribution in [0.25, 0.3) is 0 Å². The third-order valence-electron chi connectivity index (χ3n) is 1.25. The lowest BCUT2D eigenvalue weighted by Gasteiger charge is -1.90. The van der Waals surface area contributed by atoms with Crippen LogP contribution in [0.4, 0.5) is 0 Å². The summed E-state index contributed by atoms with van der Waals surface area (Å²) in [5.74, 6) is 0.0532. The highest BCUT2D eigenvalue weighted by atomic mass is 16.2. The molecule has 0 aromatic heterocycles. The van der Waals surface area contributed by atoms with Gasteiger partial charge in [-0.1, -0.05) is 6.92 Å². The molecule has 1 rings (SSSR count). The molecule has 1 aliphatic heterocycles. The van der Waals surface area contributed by atoms with Gasteiger partial charge in [0.05, 0.1) is 0 Å². The van der Waals surface area contributed by atoms with Crippen molar-refractivity contribution in [2.24, 2.45) is 5.92 Å². The van der Waals surface area contributed by atoms with Crippen molar-refractivity contribution in [1.82, 2.24) is 5.31 Å². The van der Waals surface area contributed by atoms with Gasteiger partial charge < -0.3 is 5.31 Å². The van der Waals surface area contributed by atoms with Crippen LogP contribution in [-0.4, -0.2) is 12.5 Å². The molecule has 1 atom stereocenters. The Morgan fingerprint density at radius 2 is 2.86 bits per heavy atom. The summed E-state index contributed by atoms with van der Waals surface area (Å²) >= 11 is 0. The largest absolute Gasteiger partial charge is 0.356 e. The van der Waals surface area contributed by atoms with E-state index in [0.29, 0.717) is 6.54 Å². The van der Waals surface area contributed by atoms with Crippen LogP contribution in [0.5, 0.6) is 0 Å². The SMILES string of the molecule is [2H]N1CCC(C)C1=O. The monoisotopic (exact) mass is 100 g/mol. The second-order valence-corrected chi connectivity index (χ2v) is 1.91. The Morgan fingerprint density at radius 1 is 2.14 bits per heavy atom. The fourth-order valence-electron chi connectivity index (χ4n) is 0.648. The lowest BCUT2D eigenvalue weighted by atomic mass is 10.1. The number of carbonyl (C=O) groups is 1. The van der Waals surface area contributed by atoms with Gasteiger partial charge in [0.1, 0.15) is 0 Å². The predicted octanol–water partition coefficient (Wildman–Crippen LogP) is 0.142. The van der Waals surface area contributed by atoms with Gasteiger partial charge in [0, 0.05) is 12.5 Å². The molecule has 0 radical (unpaired) electrons. The van der Waals surface area contributed by atoms with Gasteiger partial charge in [-0.05, 0) is 6.42 Å². The average Bonchev–Trinajstić information content (AvgIpc) is 1.98. The van der Waals surface area contributed by atoms with Crippen LogP contribution >= 0.6 is 0 Å². The maximum atomic E-state index is 10.6. The Kier molecular flexibility index (Phi) is 0.755. The first kappa shape index (κ1) is 3.47. The summed E-state index contributed by atoms with van der Waals surface area (Å²) in [4.78, 5) is 10.6. The van der Waals surface area contributed by atoms with Crippen molar-refractivity contribution in [1.29, 1.82) is 0 Å². The van der Waals surface area contributed by atoms with Crippen LogP contribution in [-0.2, 0) is 4.79 Å². The zero-order valence-electron chi connectivity index (χ0n) is 5.35. The Balaban J connectivity index is 2.57. The maximum Gasteiger partial charge on any atom is 0.222 e. The number of hydrogen-bond acceptors (Lipinski definition) is 1. The second-order valence-electron chi connectivity index (χ2n) is 1.91. The summed E-state index contributed by atoms with van der Waals surface area (Å²) in [6.07, 6.45) is 0.850. The number of rotatable bonds is 0. The number of amides is 1. The molecule has 2 nitrogen and oxygen atoms in total. The summed E-state index contributed by atoms with van der Waals surface area (Å²) in [6, 6.07) is 0. The third kappa shape index (κ3) is 0.734. The van der Waals surface area contributed by atoms with E-state index in [1.165, 1.54) is 0 Å². The summed E-state index contributed by atoms with van der Waals surface area (Å²) in [6.45, 7) is 2.47. The lowest BCUT2D eigenvalue weighted by molar-refractivity contribution is -0.121. The molecule has 0 aliphatic carbocycles. The van der Waals surface area contributed by atoms with Crippen molar-refractivity contribution in [3.05, 3.63) is 0 Å². The van der Waals surface area contributed by atoms with Crippen LogP contribution in [0, 0.1) is 5.92 Å². The van der Waals surface area contributed by atoms with Gasteiger partial charge in [-0.2, -0.15) is 0 Å². The molecule has 1 amide bonds. The highest BCUT2D eigenvalue weighted by Crippen LogP contribution is 2.05. The molecule has 1 N–H and O–H groups in total. The third-order valence-corrected chi connectivity index (χ3v) is 1.25. The number of hydrogen-bond donors (Lipinski definition) is 1. The van der Waals surface area contributed by atoms with E-state index >= 15 is 0 Å². The molecule has 40 valence electrons. The fraction of sp³-hybridized carbons (Fsp3) is 0.800. The molecule has 0 aromatic carbocycles. The Hall–Kier alpha value is -0.530. The zero-order chi connectivity index (χ0) is 6.15. The van der Waals surface area contributed by atoms with E-state index in [9.17, 15) is 4.79 Å². The van der Waals surface area contributed by atoms with Crippen LogP contribution in [0.15, 0.2) is 0 Å². The van der Waals surface area contributed by atoms with Gasteiger partial charge in [0.15, 0.2) is 1.41 Å². The molecule has 1 fully saturated rings. The first-order valence-electron chi connectivity index (χ1n) is 2.97. The van der Waals surface area contributed by atoms with Gasteiger partial charge in [-0.15, -0.1) is 0 Å². The second kappa shape index (κ2) is 1.52. The Bertz CT molecular complexity index is 103. The number of nitrogens with one attached hydrogen (secondary N) is 1. The molecule has 7 heavy (non-hydrogen) atoms. The van der Waals surface area contributed by atoms with E-state index in [1.54, 1.807) is 0 Å². The van der Waals surface area contributed by atoms with Crippen LogP contribution < -0.4 is 5.31 Å². The lowest BCUT2D eigenvalue weighted by Crippen LogP contribution is -2.16. The summed E-state index contributed by atoms with van der Waals surface area (Å²) in [5, 5.41) is 1.03. The Morgan fingerprint density at radius 3 is 3.00 bits per heavy atom. The van der Waals surface area contributed by atoms with Crippen LogP contribution in [0.1, 0.15) is 13.3 Å². The number of carbonyl (C=O) groups excluding carboxylic acids is 1. The molecule has 0 bridgehead atoms. The molecule has 1 unspecified atom stereocenters. The molecular weight excluding hydrogens is 90.1 g/mol. The van der Waals surface area contributed by atoms with Crippen molar-refractivity contribution in [2.75, 3.05) is 6.54 Å². The van der Waals surface area contributed by atoms with E-state index in [-0.39, 0.29) is 11.8 Å². The zero-order valence-corrected chi connectivity index (χ0v) is 4.35. The minimum atomic E-state index is -0.0370. The fourth-order valence-corrected chi connectivity index (χ4v) is 0.648. The normalized spacial score (nSPS) is 33.9. The van der Waals surface area contributed by atoms with E-state index in [2.05, 4.69) is 0 Å². The molecule has 1 aliphatic rings. The van der Waals surface area contributed by atoms with Gasteiger partial charge >= 0.3 is 0 Å². The molecule has 2 heteroatoms. The van der Waals surface area contributed by atoms with E-state index in [4.69, 9.17) is 1.41 Å². The van der Waals surface area contributed by atoms with Crippen molar-refractivity contribution in [3.8, 4) is 0 Å². The van der Waals surface area contributed by atoms with Crippen molar-refractivity contribution in [3.63, 3.8) is 0 Å². The highest BCUT2D eigenvalue weighted by molar-refractivity contribution is 5.80. The molecule has 1 saturated heterocycles. The molecule has 0 saturated carbocycles. The first-order chi connectivity index (χ1) is 3.72. The quantitative estimate of drug-likeness (QED) is 0.461. The Labute approximate surface area is 44.4 Å². The minimum absolute atomic E-state index is 0.0370. The van der Waals surface area contributed by atoms with Crippen LogP contribution in [0.3, 0.4) is 0 Å². The van der Waals surface area contributed by atoms with Crippen molar-refractivity contribution in [2.45, 2.75) is 13.3 Å². The maximum absolute atomic E-state index is 10.6. The standard InChI is InChI=1S/C5H9NO/c1-4-2-3-6-5(4)7/h4H,2-3H2,1H3,(H,6,7)/i/hD. The summed E-state index contributed by atoms with van der Waals surface area (Å²) < 4.78 is 6.95. The van der Waals surface area contributed by atoms with Crippen molar-refractivity contribution < 1.29 is 6.21 Å². The molecule has 0 spiro atoms. The van der Waals surface area contributed by atoms with Crippen molar-refractivity contribution >= 4 is 5.91 Å². The van der Waals surface area contributed by atoms with Gasteiger partial charge in [-0.25, -0.2) is 0 Å². The van der Waals surface area contributed by atoms with Gasteiger partial charge in [0.2, 0.25) is 5.91 Å². The summed E-state index contributed by atoms with van der Waals surface area (Å²) in [7, 11) is 0. The predicted molar refractivity (Wildman–Crippen MR) is 26.8 cm³/mol. The minimum Gasteiger partial charge on any atom is -0.356 e. The van der Waals surface area contributed by atoms with Gasteiger partial charge in [-0.3, -0.25) is 4.79 Å². The van der Waals surface area contributed by atoms with E-state index < -0.39 is 0 Å². The highest BCUT2D eigenvalue weighted by Gasteiger charge is 2.17. The van der Waals surface area contributed by atoms with E-state index in [0.717, 1.165) is 11.7 Å². The molecule has 1 heterocycles. The van der Waals surface area contributed by atoms with Crippen LogP contribution in [0.2, 0.25) is 1.41 Å². The summed E-state index contributed by atoms with van der Waals surface area (Å²) in [5.41, 5.74) is 0. The molecular formula is C5H9NO. The first-order valence-corrected chi connectivity index (χ1v) is 2.52. The molecule has 0 aromatic rings. The average molecular weight is 100 g/mol.